The maximum absolute atomic E-state index is 5.45. The van der Waals surface area contributed by atoms with Crippen LogP contribution in [0, 0.1) is 0 Å². The van der Waals surface area contributed by atoms with Gasteiger partial charge < -0.3 is 23.7 Å². The Labute approximate surface area is 119 Å². The molecule has 6 heteroatoms. The summed E-state index contributed by atoms with van der Waals surface area (Å²) < 4.78 is 26.6. The summed E-state index contributed by atoms with van der Waals surface area (Å²) >= 11 is 0. The molecule has 6 nitrogen and oxygen atoms in total. The molecule has 0 spiro atoms. The second kappa shape index (κ2) is 6.78. The molecule has 0 unspecified atom stereocenters. The molecular weight excluding hydrogens is 262 g/mol. The summed E-state index contributed by atoms with van der Waals surface area (Å²) in [5.41, 5.74) is 1.03. The number of nitrogens with zero attached hydrogens (tertiary/aromatic N) is 1. The average molecular weight is 283 g/mol. The highest BCUT2D eigenvalue weighted by Gasteiger charge is 2.22. The first-order valence-corrected chi connectivity index (χ1v) is 6.39. The fourth-order valence-electron chi connectivity index (χ4n) is 2.19. The first-order chi connectivity index (χ1) is 9.69. The predicted octanol–water partition coefficient (Wildman–Crippen LogP) is 1.47. The van der Waals surface area contributed by atoms with Crippen molar-refractivity contribution in [1.82, 2.24) is 4.90 Å². The molecule has 1 aromatic carbocycles. The van der Waals surface area contributed by atoms with Gasteiger partial charge in [0, 0.05) is 32.9 Å². The van der Waals surface area contributed by atoms with E-state index in [1.165, 1.54) is 0 Å². The van der Waals surface area contributed by atoms with E-state index in [0.29, 0.717) is 18.8 Å². The van der Waals surface area contributed by atoms with Crippen LogP contribution in [-0.4, -0.2) is 52.9 Å². The Kier molecular flexibility index (Phi) is 5.05. The Bertz CT molecular complexity index is 447. The van der Waals surface area contributed by atoms with E-state index in [9.17, 15) is 0 Å². The zero-order chi connectivity index (χ0) is 14.5. The molecule has 0 atom stereocenters. The maximum Gasteiger partial charge on any atom is 0.231 e. The van der Waals surface area contributed by atoms with E-state index in [0.717, 1.165) is 17.1 Å². The molecule has 0 fully saturated rings. The van der Waals surface area contributed by atoms with Gasteiger partial charge >= 0.3 is 0 Å². The van der Waals surface area contributed by atoms with Crippen LogP contribution in [0.5, 0.6) is 17.2 Å². The molecule has 20 heavy (non-hydrogen) atoms. The third-order valence-electron chi connectivity index (χ3n) is 3.21. The van der Waals surface area contributed by atoms with Gasteiger partial charge in [-0.25, -0.2) is 0 Å². The molecule has 1 aliphatic heterocycles. The number of likely N-dealkylation sites (N-methyl/N-ethyl adjacent to an activating group) is 1. The fourth-order valence-corrected chi connectivity index (χ4v) is 2.19. The highest BCUT2D eigenvalue weighted by molar-refractivity contribution is 5.56. The van der Waals surface area contributed by atoms with Gasteiger partial charge in [0.05, 0.1) is 7.11 Å². The number of ether oxygens (including phenoxy) is 5. The summed E-state index contributed by atoms with van der Waals surface area (Å²) in [6.07, 6.45) is -0.250. The van der Waals surface area contributed by atoms with Gasteiger partial charge in [-0.3, -0.25) is 4.90 Å². The monoisotopic (exact) mass is 283 g/mol. The summed E-state index contributed by atoms with van der Waals surface area (Å²) in [4.78, 5) is 2.09. The number of rotatable bonds is 7. The van der Waals surface area contributed by atoms with Gasteiger partial charge in [-0.05, 0) is 13.1 Å². The SMILES string of the molecule is COc1c(CN(C)CC(OC)OC)ccc2c1OCO2. The van der Waals surface area contributed by atoms with Crippen LogP contribution < -0.4 is 14.2 Å². The van der Waals surface area contributed by atoms with Gasteiger partial charge in [-0.1, -0.05) is 6.07 Å². The zero-order valence-corrected chi connectivity index (χ0v) is 12.3. The van der Waals surface area contributed by atoms with Gasteiger partial charge in [-0.2, -0.15) is 0 Å². The molecule has 0 amide bonds. The van der Waals surface area contributed by atoms with E-state index in [-0.39, 0.29) is 13.1 Å². The van der Waals surface area contributed by atoms with Crippen LogP contribution in [0.2, 0.25) is 0 Å². The number of fused-ring (bicyclic) bond motifs is 1. The molecule has 0 aliphatic carbocycles. The van der Waals surface area contributed by atoms with Gasteiger partial charge in [0.25, 0.3) is 0 Å². The molecular formula is C14H21NO5. The van der Waals surface area contributed by atoms with Crippen molar-refractivity contribution in [2.45, 2.75) is 12.8 Å². The lowest BCUT2D eigenvalue weighted by Gasteiger charge is -2.23. The number of hydrogen-bond donors (Lipinski definition) is 0. The Hall–Kier alpha value is -1.50. The van der Waals surface area contributed by atoms with E-state index in [1.54, 1.807) is 21.3 Å². The Morgan fingerprint density at radius 1 is 1.20 bits per heavy atom. The van der Waals surface area contributed by atoms with Crippen LogP contribution >= 0.6 is 0 Å². The summed E-state index contributed by atoms with van der Waals surface area (Å²) in [5.74, 6) is 2.12. The molecule has 1 aliphatic rings. The summed E-state index contributed by atoms with van der Waals surface area (Å²) in [5, 5.41) is 0. The summed E-state index contributed by atoms with van der Waals surface area (Å²) in [7, 11) is 6.88. The first kappa shape index (κ1) is 14.9. The van der Waals surface area contributed by atoms with E-state index >= 15 is 0 Å². The number of benzene rings is 1. The van der Waals surface area contributed by atoms with Crippen LogP contribution in [0.25, 0.3) is 0 Å². The highest BCUT2D eigenvalue weighted by atomic mass is 16.7. The molecule has 0 bridgehead atoms. The lowest BCUT2D eigenvalue weighted by Crippen LogP contribution is -2.31. The van der Waals surface area contributed by atoms with Crippen molar-refractivity contribution >= 4 is 0 Å². The standard InChI is InChI=1S/C14H21NO5/c1-15(8-12(16-2)17-3)7-10-5-6-11-14(13(10)18-4)20-9-19-11/h5-6,12H,7-9H2,1-4H3. The van der Waals surface area contributed by atoms with Gasteiger partial charge in [0.1, 0.15) is 0 Å². The van der Waals surface area contributed by atoms with E-state index in [4.69, 9.17) is 23.7 Å². The van der Waals surface area contributed by atoms with Crippen LogP contribution in [0.3, 0.4) is 0 Å². The summed E-state index contributed by atoms with van der Waals surface area (Å²) in [6, 6.07) is 3.88. The topological polar surface area (TPSA) is 49.4 Å². The molecule has 0 saturated heterocycles. The second-order valence-electron chi connectivity index (χ2n) is 4.59. The zero-order valence-electron chi connectivity index (χ0n) is 12.3. The molecule has 1 heterocycles. The normalized spacial score (nSPS) is 13.3. The van der Waals surface area contributed by atoms with Crippen molar-refractivity contribution in [1.29, 1.82) is 0 Å². The largest absolute Gasteiger partial charge is 0.492 e. The smallest absolute Gasteiger partial charge is 0.231 e. The van der Waals surface area contributed by atoms with Crippen LogP contribution in [0.15, 0.2) is 12.1 Å². The minimum absolute atomic E-state index is 0.237. The molecule has 0 aromatic heterocycles. The van der Waals surface area contributed by atoms with Crippen LogP contribution in [0.1, 0.15) is 5.56 Å². The molecule has 0 N–H and O–H groups in total. The lowest BCUT2D eigenvalue weighted by molar-refractivity contribution is -0.114. The Morgan fingerprint density at radius 2 is 1.95 bits per heavy atom. The molecule has 0 radical (unpaired) electrons. The number of methoxy groups -OCH3 is 3. The fraction of sp³-hybridized carbons (Fsp3) is 0.571. The van der Waals surface area contributed by atoms with E-state index < -0.39 is 0 Å². The third kappa shape index (κ3) is 3.15. The predicted molar refractivity (Wildman–Crippen MR) is 73.3 cm³/mol. The molecule has 112 valence electrons. The molecule has 2 rings (SSSR count). The van der Waals surface area contributed by atoms with Crippen LogP contribution in [-0.2, 0) is 16.0 Å². The maximum atomic E-state index is 5.45. The van der Waals surface area contributed by atoms with Gasteiger partial charge in [0.15, 0.2) is 17.8 Å². The molecule has 0 saturated carbocycles. The van der Waals surface area contributed by atoms with Crippen molar-refractivity contribution in [3.8, 4) is 17.2 Å². The van der Waals surface area contributed by atoms with E-state index in [1.807, 2.05) is 19.2 Å². The van der Waals surface area contributed by atoms with Crippen molar-refractivity contribution in [3.63, 3.8) is 0 Å². The lowest BCUT2D eigenvalue weighted by atomic mass is 10.1. The average Bonchev–Trinajstić information content (AvgIpc) is 2.93. The Morgan fingerprint density at radius 3 is 2.60 bits per heavy atom. The van der Waals surface area contributed by atoms with Gasteiger partial charge in [0.2, 0.25) is 12.5 Å². The van der Waals surface area contributed by atoms with Crippen molar-refractivity contribution < 1.29 is 23.7 Å². The first-order valence-electron chi connectivity index (χ1n) is 6.39. The minimum Gasteiger partial charge on any atom is -0.492 e. The minimum atomic E-state index is -0.250. The molecule has 1 aromatic rings. The summed E-state index contributed by atoms with van der Waals surface area (Å²) in [6.45, 7) is 1.59. The van der Waals surface area contributed by atoms with Gasteiger partial charge in [-0.15, -0.1) is 0 Å². The third-order valence-corrected chi connectivity index (χ3v) is 3.21. The number of hydrogen-bond acceptors (Lipinski definition) is 6. The highest BCUT2D eigenvalue weighted by Crippen LogP contribution is 2.43. The van der Waals surface area contributed by atoms with E-state index in [2.05, 4.69) is 4.90 Å². The van der Waals surface area contributed by atoms with Crippen molar-refractivity contribution in [3.05, 3.63) is 17.7 Å². The quantitative estimate of drug-likeness (QED) is 0.706. The van der Waals surface area contributed by atoms with Crippen molar-refractivity contribution in [2.75, 3.05) is 41.7 Å². The van der Waals surface area contributed by atoms with Crippen molar-refractivity contribution in [2.24, 2.45) is 0 Å². The Balaban J connectivity index is 2.09. The second-order valence-corrected chi connectivity index (χ2v) is 4.59. The van der Waals surface area contributed by atoms with Crippen LogP contribution in [0.4, 0.5) is 0 Å².